The third kappa shape index (κ3) is 3.68. The molecule has 6 heteroatoms. The number of aryl methyl sites for hydroxylation is 1. The van der Waals surface area contributed by atoms with Crippen molar-refractivity contribution in [1.29, 1.82) is 0 Å². The normalized spacial score (nSPS) is 11.9. The second-order valence-electron chi connectivity index (χ2n) is 4.64. The highest BCUT2D eigenvalue weighted by Gasteiger charge is 2.21. The molecular weight excluding hydrogens is 270 g/mol. The smallest absolute Gasteiger partial charge is 0.312 e. The van der Waals surface area contributed by atoms with Crippen LogP contribution in [0.15, 0.2) is 36.4 Å². The van der Waals surface area contributed by atoms with Crippen LogP contribution in [0.2, 0.25) is 0 Å². The predicted molar refractivity (Wildman–Crippen MR) is 77.1 cm³/mol. The molecule has 1 atom stereocenters. The summed E-state index contributed by atoms with van der Waals surface area (Å²) in [4.78, 5) is 23.3. The largest absolute Gasteiger partial charge is 0.481 e. The van der Waals surface area contributed by atoms with E-state index in [1.54, 1.807) is 30.3 Å². The Balaban J connectivity index is 2.02. The summed E-state index contributed by atoms with van der Waals surface area (Å²) < 4.78 is 0. The van der Waals surface area contributed by atoms with Gasteiger partial charge in [-0.05, 0) is 18.1 Å². The molecule has 1 amide bonds. The van der Waals surface area contributed by atoms with Gasteiger partial charge < -0.3 is 10.4 Å². The number of rotatable bonds is 6. The summed E-state index contributed by atoms with van der Waals surface area (Å²) in [6.45, 7) is 1.97. The van der Waals surface area contributed by atoms with Gasteiger partial charge in [-0.15, -0.1) is 0 Å². The second kappa shape index (κ2) is 6.69. The molecule has 0 aliphatic heterocycles. The molecule has 110 valence electrons. The Kier molecular flexibility index (Phi) is 4.71. The summed E-state index contributed by atoms with van der Waals surface area (Å²) >= 11 is 0. The zero-order chi connectivity index (χ0) is 15.2. The van der Waals surface area contributed by atoms with Crippen molar-refractivity contribution in [3.05, 3.63) is 53.3 Å². The first-order chi connectivity index (χ1) is 10.1. The number of carboxylic acids is 1. The van der Waals surface area contributed by atoms with Gasteiger partial charge in [-0.3, -0.25) is 14.7 Å². The molecule has 1 heterocycles. The summed E-state index contributed by atoms with van der Waals surface area (Å²) in [5.74, 6) is -2.13. The quantitative estimate of drug-likeness (QED) is 0.751. The van der Waals surface area contributed by atoms with Crippen LogP contribution in [0.3, 0.4) is 0 Å². The highest BCUT2D eigenvalue weighted by atomic mass is 16.4. The van der Waals surface area contributed by atoms with E-state index in [2.05, 4.69) is 15.5 Å². The maximum Gasteiger partial charge on any atom is 0.312 e. The number of nitrogens with one attached hydrogen (secondary N) is 2. The molecule has 2 aromatic rings. The molecule has 0 fully saturated rings. The molecule has 6 nitrogen and oxygen atoms in total. The molecule has 0 spiro atoms. The summed E-state index contributed by atoms with van der Waals surface area (Å²) in [6, 6.07) is 10.5. The lowest BCUT2D eigenvalue weighted by Gasteiger charge is -2.13. The summed E-state index contributed by atoms with van der Waals surface area (Å²) in [5.41, 5.74) is 1.78. The fourth-order valence-corrected chi connectivity index (χ4v) is 1.98. The summed E-state index contributed by atoms with van der Waals surface area (Å²) in [7, 11) is 0. The van der Waals surface area contributed by atoms with Gasteiger partial charge in [0.2, 0.25) is 0 Å². The van der Waals surface area contributed by atoms with Crippen molar-refractivity contribution in [3.63, 3.8) is 0 Å². The third-order valence-electron chi connectivity index (χ3n) is 3.21. The molecule has 0 saturated carbocycles. The van der Waals surface area contributed by atoms with Crippen LogP contribution in [0, 0.1) is 0 Å². The van der Waals surface area contributed by atoms with Crippen LogP contribution >= 0.6 is 0 Å². The molecule has 1 unspecified atom stereocenters. The first-order valence-corrected chi connectivity index (χ1v) is 6.72. The topological polar surface area (TPSA) is 95.1 Å². The lowest BCUT2D eigenvalue weighted by atomic mass is 9.99. The molecule has 1 aromatic heterocycles. The second-order valence-corrected chi connectivity index (χ2v) is 4.64. The first kappa shape index (κ1) is 14.8. The van der Waals surface area contributed by atoms with Crippen molar-refractivity contribution in [2.45, 2.75) is 19.3 Å². The SMILES string of the molecule is CCc1cc(C(=O)NCC(C(=O)O)c2ccccc2)n[nH]1. The average molecular weight is 287 g/mol. The Labute approximate surface area is 122 Å². The molecular formula is C15H17N3O3. The molecule has 0 bridgehead atoms. The van der Waals surface area contributed by atoms with E-state index in [9.17, 15) is 14.7 Å². The molecule has 0 radical (unpaired) electrons. The van der Waals surface area contributed by atoms with Gasteiger partial charge in [0.15, 0.2) is 0 Å². The fraction of sp³-hybridized carbons (Fsp3) is 0.267. The van der Waals surface area contributed by atoms with Crippen LogP contribution in [-0.4, -0.2) is 33.7 Å². The number of aliphatic carboxylic acids is 1. The number of aromatic nitrogens is 2. The minimum atomic E-state index is -0.974. The van der Waals surface area contributed by atoms with Gasteiger partial charge in [-0.25, -0.2) is 0 Å². The molecule has 3 N–H and O–H groups in total. The number of benzene rings is 1. The van der Waals surface area contributed by atoms with Crippen molar-refractivity contribution < 1.29 is 14.7 Å². The molecule has 0 aliphatic carbocycles. The van der Waals surface area contributed by atoms with Crippen LogP contribution < -0.4 is 5.32 Å². The van der Waals surface area contributed by atoms with E-state index in [4.69, 9.17) is 0 Å². The molecule has 21 heavy (non-hydrogen) atoms. The number of hydrogen-bond acceptors (Lipinski definition) is 3. The standard InChI is InChI=1S/C15H17N3O3/c1-2-11-8-13(18-17-11)14(19)16-9-12(15(20)21)10-6-4-3-5-7-10/h3-8,12H,2,9H2,1H3,(H,16,19)(H,17,18)(H,20,21). The van der Waals surface area contributed by atoms with Gasteiger partial charge in [0.05, 0.1) is 5.92 Å². The van der Waals surface area contributed by atoms with Gasteiger partial charge in [-0.1, -0.05) is 37.3 Å². The van der Waals surface area contributed by atoms with Crippen LogP contribution in [0.4, 0.5) is 0 Å². The fourth-order valence-electron chi connectivity index (χ4n) is 1.98. The minimum absolute atomic E-state index is 0.0203. The first-order valence-electron chi connectivity index (χ1n) is 6.72. The zero-order valence-electron chi connectivity index (χ0n) is 11.7. The van der Waals surface area contributed by atoms with Gasteiger partial charge >= 0.3 is 5.97 Å². The van der Waals surface area contributed by atoms with E-state index in [0.29, 0.717) is 5.56 Å². The van der Waals surface area contributed by atoms with E-state index < -0.39 is 11.9 Å². The Hall–Kier alpha value is -2.63. The highest BCUT2D eigenvalue weighted by molar-refractivity contribution is 5.92. The van der Waals surface area contributed by atoms with Crippen molar-refractivity contribution in [1.82, 2.24) is 15.5 Å². The Bertz CT molecular complexity index is 622. The Morgan fingerprint density at radius 3 is 2.62 bits per heavy atom. The Morgan fingerprint density at radius 1 is 1.33 bits per heavy atom. The van der Waals surface area contributed by atoms with Crippen LogP contribution in [0.25, 0.3) is 0 Å². The maximum atomic E-state index is 11.9. The Morgan fingerprint density at radius 2 is 2.05 bits per heavy atom. The highest BCUT2D eigenvalue weighted by Crippen LogP contribution is 2.15. The van der Waals surface area contributed by atoms with E-state index in [-0.39, 0.29) is 18.1 Å². The number of hydrogen-bond donors (Lipinski definition) is 3. The van der Waals surface area contributed by atoms with Gasteiger partial charge in [0.25, 0.3) is 5.91 Å². The summed E-state index contributed by atoms with van der Waals surface area (Å²) in [6.07, 6.45) is 0.752. The number of carboxylic acid groups (broad SMARTS) is 1. The van der Waals surface area contributed by atoms with Crippen LogP contribution in [0.1, 0.15) is 34.6 Å². The molecule has 2 rings (SSSR count). The number of aromatic amines is 1. The van der Waals surface area contributed by atoms with Crippen molar-refractivity contribution in [2.75, 3.05) is 6.54 Å². The predicted octanol–water partition coefficient (Wildman–Crippen LogP) is 1.57. The molecule has 1 aromatic carbocycles. The van der Waals surface area contributed by atoms with Crippen molar-refractivity contribution in [2.24, 2.45) is 0 Å². The van der Waals surface area contributed by atoms with Gasteiger partial charge in [-0.2, -0.15) is 5.10 Å². The van der Waals surface area contributed by atoms with E-state index in [1.807, 2.05) is 13.0 Å². The van der Waals surface area contributed by atoms with Gasteiger partial charge in [0, 0.05) is 12.2 Å². The van der Waals surface area contributed by atoms with E-state index in [0.717, 1.165) is 12.1 Å². The van der Waals surface area contributed by atoms with Gasteiger partial charge in [0.1, 0.15) is 5.69 Å². The minimum Gasteiger partial charge on any atom is -0.481 e. The van der Waals surface area contributed by atoms with Crippen LogP contribution in [-0.2, 0) is 11.2 Å². The van der Waals surface area contributed by atoms with Crippen molar-refractivity contribution >= 4 is 11.9 Å². The average Bonchev–Trinajstić information content (AvgIpc) is 2.97. The lowest BCUT2D eigenvalue weighted by Crippen LogP contribution is -2.31. The number of carbonyl (C=O) groups is 2. The molecule has 0 saturated heterocycles. The van der Waals surface area contributed by atoms with E-state index in [1.165, 1.54) is 0 Å². The van der Waals surface area contributed by atoms with Crippen LogP contribution in [0.5, 0.6) is 0 Å². The third-order valence-corrected chi connectivity index (χ3v) is 3.21. The number of nitrogens with zero attached hydrogens (tertiary/aromatic N) is 1. The van der Waals surface area contributed by atoms with E-state index >= 15 is 0 Å². The molecule has 0 aliphatic rings. The van der Waals surface area contributed by atoms with Crippen molar-refractivity contribution in [3.8, 4) is 0 Å². The maximum absolute atomic E-state index is 11.9. The number of carbonyl (C=O) groups excluding carboxylic acids is 1. The zero-order valence-corrected chi connectivity index (χ0v) is 11.7. The number of amides is 1. The summed E-state index contributed by atoms with van der Waals surface area (Å²) in [5, 5.41) is 18.5. The lowest BCUT2D eigenvalue weighted by molar-refractivity contribution is -0.138. The number of H-pyrrole nitrogens is 1. The monoisotopic (exact) mass is 287 g/mol.